The smallest absolute Gasteiger partial charge is 0.105 e. The summed E-state index contributed by atoms with van der Waals surface area (Å²) in [4.78, 5) is 4.24. The summed E-state index contributed by atoms with van der Waals surface area (Å²) in [5.41, 5.74) is 2.81. The standard InChI is InChI=1S/C13H14N4/c1-10-15-8-13(17(10)2)9-16-12-5-3-11(7-14)4-6-12/h3-6,8,16H,9H2,1-2H3. The van der Waals surface area contributed by atoms with Crippen LogP contribution in [0.2, 0.25) is 0 Å². The first kappa shape index (κ1) is 11.2. The van der Waals surface area contributed by atoms with Crippen molar-refractivity contribution < 1.29 is 0 Å². The Morgan fingerprint density at radius 3 is 2.59 bits per heavy atom. The molecule has 2 rings (SSSR count). The molecule has 0 saturated carbocycles. The van der Waals surface area contributed by atoms with Gasteiger partial charge in [0.15, 0.2) is 0 Å². The average molecular weight is 226 g/mol. The van der Waals surface area contributed by atoms with Gasteiger partial charge in [0.1, 0.15) is 5.82 Å². The minimum Gasteiger partial charge on any atom is -0.379 e. The molecule has 1 N–H and O–H groups in total. The Kier molecular flexibility index (Phi) is 3.10. The lowest BCUT2D eigenvalue weighted by molar-refractivity contribution is 0.801. The molecule has 0 unspecified atom stereocenters. The molecule has 0 bridgehead atoms. The van der Waals surface area contributed by atoms with Gasteiger partial charge in [0.2, 0.25) is 0 Å². The first-order valence-corrected chi connectivity index (χ1v) is 5.42. The van der Waals surface area contributed by atoms with Gasteiger partial charge in [0.05, 0.1) is 30.1 Å². The van der Waals surface area contributed by atoms with Crippen LogP contribution in [-0.4, -0.2) is 9.55 Å². The average Bonchev–Trinajstić information content (AvgIpc) is 2.68. The zero-order valence-electron chi connectivity index (χ0n) is 9.94. The number of aryl methyl sites for hydroxylation is 1. The molecule has 1 aromatic heterocycles. The van der Waals surface area contributed by atoms with E-state index in [9.17, 15) is 0 Å². The Labute approximate surface area is 101 Å². The van der Waals surface area contributed by atoms with Gasteiger partial charge in [-0.2, -0.15) is 5.26 Å². The number of hydrogen-bond donors (Lipinski definition) is 1. The van der Waals surface area contributed by atoms with Crippen LogP contribution in [0.25, 0.3) is 0 Å². The number of imidazole rings is 1. The molecule has 86 valence electrons. The Bertz CT molecular complexity index is 546. The number of hydrogen-bond acceptors (Lipinski definition) is 3. The molecule has 4 nitrogen and oxygen atoms in total. The van der Waals surface area contributed by atoms with Crippen molar-refractivity contribution in [2.24, 2.45) is 7.05 Å². The molecule has 2 aromatic rings. The molecule has 0 amide bonds. The zero-order valence-corrected chi connectivity index (χ0v) is 9.94. The monoisotopic (exact) mass is 226 g/mol. The minimum atomic E-state index is 0.673. The van der Waals surface area contributed by atoms with Crippen molar-refractivity contribution in [2.75, 3.05) is 5.32 Å². The van der Waals surface area contributed by atoms with E-state index < -0.39 is 0 Å². The number of nitriles is 1. The maximum Gasteiger partial charge on any atom is 0.105 e. The lowest BCUT2D eigenvalue weighted by atomic mass is 10.2. The van der Waals surface area contributed by atoms with Crippen LogP contribution in [0.5, 0.6) is 0 Å². The maximum atomic E-state index is 8.69. The Balaban J connectivity index is 2.03. The van der Waals surface area contributed by atoms with Crippen molar-refractivity contribution in [2.45, 2.75) is 13.5 Å². The summed E-state index contributed by atoms with van der Waals surface area (Å²) in [6.07, 6.45) is 1.87. The van der Waals surface area contributed by atoms with Crippen LogP contribution in [0.4, 0.5) is 5.69 Å². The fourth-order valence-corrected chi connectivity index (χ4v) is 1.57. The van der Waals surface area contributed by atoms with E-state index >= 15 is 0 Å². The van der Waals surface area contributed by atoms with Crippen LogP contribution >= 0.6 is 0 Å². The largest absolute Gasteiger partial charge is 0.379 e. The second-order valence-electron chi connectivity index (χ2n) is 3.90. The van der Waals surface area contributed by atoms with Gasteiger partial charge in [-0.3, -0.25) is 0 Å². The van der Waals surface area contributed by atoms with Gasteiger partial charge in [-0.15, -0.1) is 0 Å². The quantitative estimate of drug-likeness (QED) is 0.873. The van der Waals surface area contributed by atoms with E-state index in [0.717, 1.165) is 23.8 Å². The first-order valence-electron chi connectivity index (χ1n) is 5.42. The van der Waals surface area contributed by atoms with Crippen LogP contribution in [0.15, 0.2) is 30.5 Å². The van der Waals surface area contributed by atoms with Crippen molar-refractivity contribution >= 4 is 5.69 Å². The number of anilines is 1. The molecule has 0 radical (unpaired) electrons. The minimum absolute atomic E-state index is 0.673. The molecule has 17 heavy (non-hydrogen) atoms. The molecular weight excluding hydrogens is 212 g/mol. The van der Waals surface area contributed by atoms with Crippen LogP contribution in [0, 0.1) is 18.3 Å². The second-order valence-corrected chi connectivity index (χ2v) is 3.90. The highest BCUT2D eigenvalue weighted by atomic mass is 15.1. The highest BCUT2D eigenvalue weighted by molar-refractivity contribution is 5.47. The molecule has 4 heteroatoms. The van der Waals surface area contributed by atoms with Gasteiger partial charge in [0.25, 0.3) is 0 Å². The number of rotatable bonds is 3. The molecule has 0 atom stereocenters. The van der Waals surface area contributed by atoms with Crippen molar-refractivity contribution in [3.8, 4) is 6.07 Å². The van der Waals surface area contributed by atoms with Gasteiger partial charge in [-0.05, 0) is 31.2 Å². The topological polar surface area (TPSA) is 53.6 Å². The van der Waals surface area contributed by atoms with E-state index in [4.69, 9.17) is 5.26 Å². The number of aromatic nitrogens is 2. The lowest BCUT2D eigenvalue weighted by Gasteiger charge is -2.07. The van der Waals surface area contributed by atoms with E-state index in [-0.39, 0.29) is 0 Å². The van der Waals surface area contributed by atoms with Gasteiger partial charge in [-0.1, -0.05) is 0 Å². The summed E-state index contributed by atoms with van der Waals surface area (Å²) in [7, 11) is 2.00. The third-order valence-electron chi connectivity index (χ3n) is 2.80. The molecule has 0 aliphatic carbocycles. The van der Waals surface area contributed by atoms with Gasteiger partial charge < -0.3 is 9.88 Å². The van der Waals surface area contributed by atoms with E-state index in [1.807, 2.05) is 32.3 Å². The third-order valence-corrected chi connectivity index (χ3v) is 2.80. The van der Waals surface area contributed by atoms with E-state index in [1.54, 1.807) is 12.1 Å². The molecule has 0 spiro atoms. The van der Waals surface area contributed by atoms with Crippen molar-refractivity contribution in [1.82, 2.24) is 9.55 Å². The molecule has 1 heterocycles. The lowest BCUT2D eigenvalue weighted by Crippen LogP contribution is -2.05. The summed E-state index contributed by atoms with van der Waals surface area (Å²) in [6, 6.07) is 9.51. The van der Waals surface area contributed by atoms with E-state index in [1.165, 1.54) is 0 Å². The van der Waals surface area contributed by atoms with Crippen LogP contribution in [-0.2, 0) is 13.6 Å². The Morgan fingerprint density at radius 2 is 2.06 bits per heavy atom. The van der Waals surface area contributed by atoms with E-state index in [2.05, 4.69) is 20.9 Å². The summed E-state index contributed by atoms with van der Waals surface area (Å²) in [6.45, 7) is 2.70. The fraction of sp³-hybridized carbons (Fsp3) is 0.231. The van der Waals surface area contributed by atoms with Crippen molar-refractivity contribution in [3.05, 3.63) is 47.5 Å². The summed E-state index contributed by atoms with van der Waals surface area (Å²) < 4.78 is 2.05. The summed E-state index contributed by atoms with van der Waals surface area (Å²) in [5.74, 6) is 1.00. The number of nitrogens with zero attached hydrogens (tertiary/aromatic N) is 3. The molecule has 0 saturated heterocycles. The van der Waals surface area contributed by atoms with E-state index in [0.29, 0.717) is 5.56 Å². The van der Waals surface area contributed by atoms with Crippen LogP contribution in [0.1, 0.15) is 17.1 Å². The normalized spacial score (nSPS) is 9.94. The SMILES string of the molecule is Cc1ncc(CNc2ccc(C#N)cc2)n1C. The van der Waals surface area contributed by atoms with Gasteiger partial charge >= 0.3 is 0 Å². The fourth-order valence-electron chi connectivity index (χ4n) is 1.57. The number of nitrogens with one attached hydrogen (secondary N) is 1. The molecular formula is C13H14N4. The third kappa shape index (κ3) is 2.45. The predicted molar refractivity (Wildman–Crippen MR) is 66.4 cm³/mol. The molecule has 1 aromatic carbocycles. The Hall–Kier alpha value is -2.28. The Morgan fingerprint density at radius 1 is 1.35 bits per heavy atom. The molecule has 0 aliphatic heterocycles. The molecule has 0 aliphatic rings. The van der Waals surface area contributed by atoms with Crippen molar-refractivity contribution in [1.29, 1.82) is 5.26 Å². The summed E-state index contributed by atoms with van der Waals surface area (Å²) >= 11 is 0. The molecule has 0 fully saturated rings. The zero-order chi connectivity index (χ0) is 12.3. The number of benzene rings is 1. The van der Waals surface area contributed by atoms with Crippen LogP contribution in [0.3, 0.4) is 0 Å². The summed E-state index contributed by atoms with van der Waals surface area (Å²) in [5, 5.41) is 12.0. The van der Waals surface area contributed by atoms with Gasteiger partial charge in [-0.25, -0.2) is 4.98 Å². The van der Waals surface area contributed by atoms with Crippen LogP contribution < -0.4 is 5.32 Å². The maximum absolute atomic E-state index is 8.69. The first-order chi connectivity index (χ1) is 8.20. The van der Waals surface area contributed by atoms with Crippen molar-refractivity contribution in [3.63, 3.8) is 0 Å². The van der Waals surface area contributed by atoms with Gasteiger partial charge in [0, 0.05) is 12.7 Å². The highest BCUT2D eigenvalue weighted by Crippen LogP contribution is 2.11. The predicted octanol–water partition coefficient (Wildman–Crippen LogP) is 2.21. The second kappa shape index (κ2) is 4.71. The highest BCUT2D eigenvalue weighted by Gasteiger charge is 2.01.